The van der Waals surface area contributed by atoms with Gasteiger partial charge in [-0.25, -0.2) is 0 Å². The third-order valence-corrected chi connectivity index (χ3v) is 4.42. The van der Waals surface area contributed by atoms with Gasteiger partial charge in [-0.3, -0.25) is 9.88 Å². The zero-order chi connectivity index (χ0) is 14.4. The highest BCUT2D eigenvalue weighted by Crippen LogP contribution is 2.30. The molecule has 4 heteroatoms. The van der Waals surface area contributed by atoms with E-state index in [2.05, 4.69) is 28.9 Å². The molecule has 112 valence electrons. The van der Waals surface area contributed by atoms with E-state index < -0.39 is 0 Å². The molecule has 0 spiro atoms. The summed E-state index contributed by atoms with van der Waals surface area (Å²) in [6.45, 7) is 3.37. The van der Waals surface area contributed by atoms with E-state index in [1.807, 2.05) is 12.4 Å². The summed E-state index contributed by atoms with van der Waals surface area (Å²) in [7, 11) is 0. The largest absolute Gasteiger partial charge is 0.395 e. The number of aliphatic hydroxyl groups is 1. The van der Waals surface area contributed by atoms with Gasteiger partial charge in [-0.2, -0.15) is 0 Å². The Morgan fingerprint density at radius 2 is 2.10 bits per heavy atom. The Balaban J connectivity index is 2.29. The van der Waals surface area contributed by atoms with Gasteiger partial charge in [-0.15, -0.1) is 0 Å². The van der Waals surface area contributed by atoms with Gasteiger partial charge < -0.3 is 10.8 Å². The lowest BCUT2D eigenvalue weighted by Gasteiger charge is -2.39. The molecule has 3 atom stereocenters. The second-order valence-corrected chi connectivity index (χ2v) is 5.72. The highest BCUT2D eigenvalue weighted by molar-refractivity contribution is 5.18. The Morgan fingerprint density at radius 3 is 2.75 bits per heavy atom. The number of nitrogens with zero attached hydrogens (tertiary/aromatic N) is 2. The Bertz CT molecular complexity index is 385. The maximum Gasteiger partial charge on any atom is 0.0587 e. The predicted octanol–water partition coefficient (Wildman–Crippen LogP) is 2.10. The standard InChI is InChI=1S/C16H27N3O/c1-2-15(17)16(13-7-9-18-10-8-13)19-11-5-3-4-6-14(19)12-20/h7-10,14-16,20H,2-6,11-12,17H2,1H3. The van der Waals surface area contributed by atoms with Crippen LogP contribution in [0, 0.1) is 0 Å². The molecular weight excluding hydrogens is 250 g/mol. The molecule has 2 heterocycles. The molecule has 1 aliphatic rings. The van der Waals surface area contributed by atoms with Crippen molar-refractivity contribution in [1.29, 1.82) is 0 Å². The van der Waals surface area contributed by atoms with Gasteiger partial charge in [0.1, 0.15) is 0 Å². The van der Waals surface area contributed by atoms with Gasteiger partial charge in [0.05, 0.1) is 12.6 Å². The summed E-state index contributed by atoms with van der Waals surface area (Å²) in [6.07, 6.45) is 9.29. The first kappa shape index (κ1) is 15.4. The SMILES string of the molecule is CCC(N)C(c1ccncc1)N1CCCCCC1CO. The van der Waals surface area contributed by atoms with Crippen molar-refractivity contribution in [3.05, 3.63) is 30.1 Å². The van der Waals surface area contributed by atoms with Gasteiger partial charge in [0.2, 0.25) is 0 Å². The lowest BCUT2D eigenvalue weighted by atomic mass is 9.95. The van der Waals surface area contributed by atoms with Gasteiger partial charge in [-0.05, 0) is 43.5 Å². The highest BCUT2D eigenvalue weighted by Gasteiger charge is 2.31. The molecule has 0 amide bonds. The first-order valence-electron chi connectivity index (χ1n) is 7.80. The number of aliphatic hydroxyl groups excluding tert-OH is 1. The van der Waals surface area contributed by atoms with Crippen LogP contribution in [0.4, 0.5) is 0 Å². The normalized spacial score (nSPS) is 24.1. The number of pyridine rings is 1. The molecule has 3 unspecified atom stereocenters. The first-order valence-corrected chi connectivity index (χ1v) is 7.80. The fraction of sp³-hybridized carbons (Fsp3) is 0.688. The quantitative estimate of drug-likeness (QED) is 0.865. The molecule has 1 fully saturated rings. The van der Waals surface area contributed by atoms with Crippen molar-refractivity contribution in [2.75, 3.05) is 13.2 Å². The average Bonchev–Trinajstić information content (AvgIpc) is 2.74. The van der Waals surface area contributed by atoms with Gasteiger partial charge in [-0.1, -0.05) is 19.8 Å². The third kappa shape index (κ3) is 3.57. The topological polar surface area (TPSA) is 62.4 Å². The van der Waals surface area contributed by atoms with Crippen molar-refractivity contribution in [3.8, 4) is 0 Å². The molecule has 1 aromatic heterocycles. The van der Waals surface area contributed by atoms with Crippen molar-refractivity contribution in [3.63, 3.8) is 0 Å². The zero-order valence-electron chi connectivity index (χ0n) is 12.4. The minimum absolute atomic E-state index is 0.0875. The second kappa shape index (κ2) is 7.72. The number of aromatic nitrogens is 1. The number of likely N-dealkylation sites (tertiary alicyclic amines) is 1. The van der Waals surface area contributed by atoms with Crippen LogP contribution in [-0.4, -0.2) is 40.2 Å². The summed E-state index contributed by atoms with van der Waals surface area (Å²) in [6, 6.07) is 4.61. The molecule has 2 rings (SSSR count). The number of nitrogens with two attached hydrogens (primary N) is 1. The highest BCUT2D eigenvalue weighted by atomic mass is 16.3. The van der Waals surface area contributed by atoms with Crippen LogP contribution in [0.5, 0.6) is 0 Å². The molecule has 0 bridgehead atoms. The van der Waals surface area contributed by atoms with Crippen LogP contribution in [0.25, 0.3) is 0 Å². The summed E-state index contributed by atoms with van der Waals surface area (Å²) in [5.41, 5.74) is 7.62. The lowest BCUT2D eigenvalue weighted by Crippen LogP contribution is -2.47. The van der Waals surface area contributed by atoms with E-state index in [1.165, 1.54) is 24.8 Å². The smallest absolute Gasteiger partial charge is 0.0587 e. The van der Waals surface area contributed by atoms with E-state index in [-0.39, 0.29) is 24.7 Å². The molecule has 0 aliphatic carbocycles. The molecule has 4 nitrogen and oxygen atoms in total. The third-order valence-electron chi connectivity index (χ3n) is 4.42. The Morgan fingerprint density at radius 1 is 1.35 bits per heavy atom. The maximum atomic E-state index is 9.74. The first-order chi connectivity index (χ1) is 9.77. The van der Waals surface area contributed by atoms with Crippen molar-refractivity contribution < 1.29 is 5.11 Å². The summed E-state index contributed by atoms with van der Waals surface area (Å²) >= 11 is 0. The Hall–Kier alpha value is -0.970. The average molecular weight is 277 g/mol. The fourth-order valence-corrected chi connectivity index (χ4v) is 3.23. The van der Waals surface area contributed by atoms with E-state index in [4.69, 9.17) is 5.73 Å². The number of hydrogen-bond acceptors (Lipinski definition) is 4. The molecule has 1 saturated heterocycles. The van der Waals surface area contributed by atoms with Crippen LogP contribution < -0.4 is 5.73 Å². The maximum absolute atomic E-state index is 9.74. The van der Waals surface area contributed by atoms with Crippen LogP contribution in [0.2, 0.25) is 0 Å². The summed E-state index contributed by atoms with van der Waals surface area (Å²) in [4.78, 5) is 6.53. The summed E-state index contributed by atoms with van der Waals surface area (Å²) in [5.74, 6) is 0. The van der Waals surface area contributed by atoms with E-state index in [0.29, 0.717) is 0 Å². The van der Waals surface area contributed by atoms with Crippen LogP contribution in [0.15, 0.2) is 24.5 Å². The molecular formula is C16H27N3O. The molecule has 0 radical (unpaired) electrons. The molecule has 0 aromatic carbocycles. The minimum atomic E-state index is 0.0875. The number of hydrogen-bond donors (Lipinski definition) is 2. The van der Waals surface area contributed by atoms with E-state index in [9.17, 15) is 5.11 Å². The van der Waals surface area contributed by atoms with Crippen LogP contribution >= 0.6 is 0 Å². The molecule has 1 aliphatic heterocycles. The summed E-state index contributed by atoms with van der Waals surface area (Å²) < 4.78 is 0. The van der Waals surface area contributed by atoms with Crippen LogP contribution in [-0.2, 0) is 0 Å². The fourth-order valence-electron chi connectivity index (χ4n) is 3.23. The zero-order valence-corrected chi connectivity index (χ0v) is 12.4. The minimum Gasteiger partial charge on any atom is -0.395 e. The predicted molar refractivity (Wildman–Crippen MR) is 81.3 cm³/mol. The molecule has 20 heavy (non-hydrogen) atoms. The molecule has 0 saturated carbocycles. The Kier molecular flexibility index (Phi) is 5.95. The van der Waals surface area contributed by atoms with Crippen LogP contribution in [0.3, 0.4) is 0 Å². The van der Waals surface area contributed by atoms with Crippen molar-refractivity contribution >= 4 is 0 Å². The lowest BCUT2D eigenvalue weighted by molar-refractivity contribution is 0.0713. The number of rotatable bonds is 5. The van der Waals surface area contributed by atoms with Gasteiger partial charge >= 0.3 is 0 Å². The van der Waals surface area contributed by atoms with E-state index >= 15 is 0 Å². The monoisotopic (exact) mass is 277 g/mol. The van der Waals surface area contributed by atoms with Gasteiger partial charge in [0, 0.05) is 24.5 Å². The molecule has 1 aromatic rings. The second-order valence-electron chi connectivity index (χ2n) is 5.72. The summed E-state index contributed by atoms with van der Waals surface area (Å²) in [5, 5.41) is 9.74. The van der Waals surface area contributed by atoms with Crippen LogP contribution in [0.1, 0.15) is 50.6 Å². The Labute approximate surface area is 122 Å². The van der Waals surface area contributed by atoms with Crippen molar-refractivity contribution in [2.45, 2.75) is 57.2 Å². The van der Waals surface area contributed by atoms with Gasteiger partial charge in [0.15, 0.2) is 0 Å². The van der Waals surface area contributed by atoms with Crippen molar-refractivity contribution in [1.82, 2.24) is 9.88 Å². The van der Waals surface area contributed by atoms with Gasteiger partial charge in [0.25, 0.3) is 0 Å². The van der Waals surface area contributed by atoms with E-state index in [1.54, 1.807) is 0 Å². The van der Waals surface area contributed by atoms with E-state index in [0.717, 1.165) is 19.4 Å². The van der Waals surface area contributed by atoms with Crippen molar-refractivity contribution in [2.24, 2.45) is 5.73 Å². The molecule has 3 N–H and O–H groups in total.